The molecule has 7 heteroatoms. The van der Waals surface area contributed by atoms with Crippen LogP contribution in [-0.2, 0) is 10.8 Å². The van der Waals surface area contributed by atoms with Gasteiger partial charge >= 0.3 is 0 Å². The number of nitrogen functional groups attached to an aromatic ring is 1. The molecule has 0 radical (unpaired) electrons. The van der Waals surface area contributed by atoms with Crippen LogP contribution in [0, 0.1) is 5.82 Å². The van der Waals surface area contributed by atoms with Crippen molar-refractivity contribution in [3.63, 3.8) is 0 Å². The molecule has 188 valence electrons. The summed E-state index contributed by atoms with van der Waals surface area (Å²) in [6, 6.07) is 23.8. The summed E-state index contributed by atoms with van der Waals surface area (Å²) in [6.45, 7) is 6.62. The van der Waals surface area contributed by atoms with Gasteiger partial charge in [-0.3, -0.25) is 0 Å². The van der Waals surface area contributed by atoms with E-state index in [1.807, 2.05) is 60.7 Å². The molecule has 3 nitrogen and oxygen atoms in total. The first-order valence-electron chi connectivity index (χ1n) is 11.9. The zero-order valence-corrected chi connectivity index (χ0v) is 21.8. The van der Waals surface area contributed by atoms with Crippen LogP contribution in [0.5, 0.6) is 0 Å². The lowest BCUT2D eigenvalue weighted by molar-refractivity contribution is -0.0433. The van der Waals surface area contributed by atoms with Crippen molar-refractivity contribution < 1.29 is 17.6 Å². The van der Waals surface area contributed by atoms with Crippen LogP contribution in [-0.4, -0.2) is 33.4 Å². The maximum atomic E-state index is 15.2. The normalized spacial score (nSPS) is 13.6. The first kappa shape index (κ1) is 27.0. The highest BCUT2D eigenvalue weighted by Crippen LogP contribution is 2.37. The Morgan fingerprint density at radius 3 is 1.94 bits per heavy atom. The number of rotatable bonds is 10. The van der Waals surface area contributed by atoms with Gasteiger partial charge in [-0.25, -0.2) is 13.2 Å². The van der Waals surface area contributed by atoms with E-state index in [0.717, 1.165) is 10.4 Å². The molecule has 0 bridgehead atoms. The van der Waals surface area contributed by atoms with Crippen LogP contribution in [0.25, 0.3) is 0 Å². The zero-order valence-electron chi connectivity index (χ0n) is 20.8. The number of anilines is 1. The maximum absolute atomic E-state index is 15.2. The Morgan fingerprint density at radius 1 is 0.886 bits per heavy atom. The molecular formula is C28H35F3N2OSi. The van der Waals surface area contributed by atoms with E-state index in [9.17, 15) is 4.39 Å². The second-order valence-corrected chi connectivity index (χ2v) is 14.4. The van der Waals surface area contributed by atoms with Gasteiger partial charge in [0.25, 0.3) is 14.2 Å². The number of benzene rings is 3. The number of halogens is 3. The second kappa shape index (κ2) is 11.0. The van der Waals surface area contributed by atoms with Gasteiger partial charge in [0.05, 0.1) is 18.8 Å². The van der Waals surface area contributed by atoms with Crippen LogP contribution in [0.15, 0.2) is 78.9 Å². The molecule has 0 saturated carbocycles. The van der Waals surface area contributed by atoms with Crippen molar-refractivity contribution in [2.45, 2.75) is 51.1 Å². The van der Waals surface area contributed by atoms with E-state index < -0.39 is 38.2 Å². The first-order valence-corrected chi connectivity index (χ1v) is 13.8. The van der Waals surface area contributed by atoms with E-state index in [-0.39, 0.29) is 18.2 Å². The molecule has 3 rings (SSSR count). The van der Waals surface area contributed by atoms with Crippen molar-refractivity contribution >= 4 is 24.4 Å². The number of nitrogens with two attached hydrogens (primary N) is 1. The standard InChI is InChI=1S/C28H35F3N2OSi/c1-21(18-22-12-11-17-25(32)26(22)29)33-19-28(30,31)20-34-35(27(2,3)4,23-13-7-5-8-14-23)24-15-9-6-10-16-24/h5-17,21,33H,18-20,32H2,1-4H3. The summed E-state index contributed by atoms with van der Waals surface area (Å²) in [4.78, 5) is 0. The first-order chi connectivity index (χ1) is 16.5. The topological polar surface area (TPSA) is 47.3 Å². The molecule has 1 atom stereocenters. The van der Waals surface area contributed by atoms with E-state index in [4.69, 9.17) is 10.2 Å². The monoisotopic (exact) mass is 500 g/mol. The fourth-order valence-electron chi connectivity index (χ4n) is 4.51. The highest BCUT2D eigenvalue weighted by Gasteiger charge is 2.51. The second-order valence-electron chi connectivity index (χ2n) is 10.1. The lowest BCUT2D eigenvalue weighted by atomic mass is 10.1. The van der Waals surface area contributed by atoms with E-state index in [1.54, 1.807) is 19.1 Å². The molecule has 0 saturated heterocycles. The fraction of sp³-hybridized carbons (Fsp3) is 0.357. The van der Waals surface area contributed by atoms with E-state index in [0.29, 0.717) is 5.56 Å². The summed E-state index contributed by atoms with van der Waals surface area (Å²) in [7, 11) is -3.06. The van der Waals surface area contributed by atoms with Crippen molar-refractivity contribution in [2.24, 2.45) is 0 Å². The van der Waals surface area contributed by atoms with Crippen LogP contribution in [0.3, 0.4) is 0 Å². The molecule has 0 aliphatic heterocycles. The zero-order chi connectivity index (χ0) is 25.7. The third kappa shape index (κ3) is 6.34. The molecule has 0 aromatic heterocycles. The molecule has 3 aromatic rings. The van der Waals surface area contributed by atoms with Crippen LogP contribution >= 0.6 is 0 Å². The predicted molar refractivity (Wildman–Crippen MR) is 141 cm³/mol. The molecule has 0 aliphatic carbocycles. The van der Waals surface area contributed by atoms with Gasteiger partial charge in [-0.15, -0.1) is 0 Å². The fourth-order valence-corrected chi connectivity index (χ4v) is 9.09. The van der Waals surface area contributed by atoms with Crippen LogP contribution in [0.1, 0.15) is 33.3 Å². The minimum absolute atomic E-state index is 0.0544. The molecule has 3 N–H and O–H groups in total. The average molecular weight is 501 g/mol. The van der Waals surface area contributed by atoms with Crippen LogP contribution in [0.4, 0.5) is 18.9 Å². The molecule has 0 heterocycles. The Hall–Kier alpha value is -2.61. The molecule has 0 aliphatic rings. The highest BCUT2D eigenvalue weighted by atomic mass is 28.4. The highest BCUT2D eigenvalue weighted by molar-refractivity contribution is 6.99. The Bertz CT molecular complexity index is 1050. The van der Waals surface area contributed by atoms with Crippen molar-refractivity contribution in [2.75, 3.05) is 18.9 Å². The molecule has 0 amide bonds. The van der Waals surface area contributed by atoms with Crippen molar-refractivity contribution in [3.05, 3.63) is 90.2 Å². The molecule has 3 aromatic carbocycles. The maximum Gasteiger partial charge on any atom is 0.281 e. The number of nitrogens with one attached hydrogen (secondary N) is 1. The largest absolute Gasteiger partial charge is 0.401 e. The van der Waals surface area contributed by atoms with Crippen LogP contribution < -0.4 is 21.4 Å². The van der Waals surface area contributed by atoms with Gasteiger partial charge in [-0.1, -0.05) is 93.6 Å². The minimum atomic E-state index is -3.12. The Kier molecular flexibility index (Phi) is 8.46. The summed E-state index contributed by atoms with van der Waals surface area (Å²) >= 11 is 0. The van der Waals surface area contributed by atoms with E-state index in [2.05, 4.69) is 26.1 Å². The third-order valence-electron chi connectivity index (χ3n) is 6.26. The summed E-state index contributed by atoms with van der Waals surface area (Å²) in [5.74, 6) is -3.61. The Morgan fingerprint density at radius 2 is 1.43 bits per heavy atom. The average Bonchev–Trinajstić information content (AvgIpc) is 2.82. The molecule has 1 unspecified atom stereocenters. The number of alkyl halides is 2. The van der Waals surface area contributed by atoms with Gasteiger partial charge in [-0.2, -0.15) is 0 Å². The smallest absolute Gasteiger partial charge is 0.281 e. The number of hydrogen-bond acceptors (Lipinski definition) is 3. The molecule has 35 heavy (non-hydrogen) atoms. The van der Waals surface area contributed by atoms with Crippen molar-refractivity contribution in [3.8, 4) is 0 Å². The van der Waals surface area contributed by atoms with E-state index >= 15 is 8.78 Å². The van der Waals surface area contributed by atoms with Crippen molar-refractivity contribution in [1.29, 1.82) is 0 Å². The Labute approximate surface area is 207 Å². The van der Waals surface area contributed by atoms with Gasteiger partial charge in [0.15, 0.2) is 0 Å². The molecule has 0 spiro atoms. The summed E-state index contributed by atoms with van der Waals surface area (Å²) in [6.07, 6.45) is 0.252. The SMILES string of the molecule is CC(Cc1cccc(N)c1F)NCC(F)(F)CO[Si](c1ccccc1)(c1ccccc1)C(C)(C)C. The van der Waals surface area contributed by atoms with Gasteiger partial charge in [0.1, 0.15) is 5.82 Å². The summed E-state index contributed by atoms with van der Waals surface area (Å²) in [5.41, 5.74) is 6.08. The van der Waals surface area contributed by atoms with Gasteiger partial charge in [-0.05, 0) is 40.4 Å². The van der Waals surface area contributed by atoms with Gasteiger partial charge < -0.3 is 15.5 Å². The lowest BCUT2D eigenvalue weighted by Gasteiger charge is -2.43. The quantitative estimate of drug-likeness (QED) is 0.299. The third-order valence-corrected chi connectivity index (χ3v) is 11.2. The van der Waals surface area contributed by atoms with Crippen LogP contribution in [0.2, 0.25) is 5.04 Å². The van der Waals surface area contributed by atoms with Crippen molar-refractivity contribution in [1.82, 2.24) is 5.32 Å². The lowest BCUT2D eigenvalue weighted by Crippen LogP contribution is -2.67. The summed E-state index contributed by atoms with van der Waals surface area (Å²) in [5, 5.41) is 4.36. The van der Waals surface area contributed by atoms with Gasteiger partial charge in [0, 0.05) is 6.04 Å². The molecular weight excluding hydrogens is 465 g/mol. The summed E-state index contributed by atoms with van der Waals surface area (Å²) < 4.78 is 50.9. The van der Waals surface area contributed by atoms with E-state index in [1.165, 1.54) is 6.07 Å². The Balaban J connectivity index is 1.78. The molecule has 0 fully saturated rings. The minimum Gasteiger partial charge on any atom is -0.401 e. The van der Waals surface area contributed by atoms with Gasteiger partial charge in [0.2, 0.25) is 0 Å². The predicted octanol–water partition coefficient (Wildman–Crippen LogP) is 5.14. The number of hydrogen-bond donors (Lipinski definition) is 2.